The first-order valence-corrected chi connectivity index (χ1v) is 5.80. The molecule has 0 unspecified atom stereocenters. The lowest BCUT2D eigenvalue weighted by Crippen LogP contribution is -2.32. The molecule has 0 aromatic heterocycles. The number of likely N-dealkylation sites (N-methyl/N-ethyl adjacent to an activating group) is 1. The van der Waals surface area contributed by atoms with E-state index >= 15 is 0 Å². The summed E-state index contributed by atoms with van der Waals surface area (Å²) in [6, 6.07) is 4.88. The van der Waals surface area contributed by atoms with Gasteiger partial charge in [-0.25, -0.2) is 0 Å². The van der Waals surface area contributed by atoms with E-state index in [1.807, 2.05) is 13.8 Å². The van der Waals surface area contributed by atoms with Gasteiger partial charge in [0.1, 0.15) is 0 Å². The minimum atomic E-state index is -0.225. The molecule has 0 aliphatic rings. The van der Waals surface area contributed by atoms with Crippen LogP contribution in [-0.4, -0.2) is 36.1 Å². The molecule has 1 amide bonds. The highest BCUT2D eigenvalue weighted by molar-refractivity contribution is 5.97. The van der Waals surface area contributed by atoms with Crippen LogP contribution < -0.4 is 4.74 Å². The number of phenols is 1. The van der Waals surface area contributed by atoms with Crippen molar-refractivity contribution in [3.8, 4) is 11.5 Å². The van der Waals surface area contributed by atoms with Gasteiger partial charge in [0.25, 0.3) is 5.91 Å². The van der Waals surface area contributed by atoms with E-state index in [0.29, 0.717) is 18.8 Å². The Morgan fingerprint density at radius 3 is 2.67 bits per heavy atom. The minimum absolute atomic E-state index is 0.120. The zero-order chi connectivity index (χ0) is 13.7. The number of carbonyl (C=O) groups is 1. The molecule has 18 heavy (non-hydrogen) atoms. The predicted octanol–water partition coefficient (Wildman–Crippen LogP) is 2.44. The number of rotatable bonds is 5. The molecule has 0 fully saturated rings. The molecular formula is C14H19NO3. The molecule has 1 aromatic rings. The molecule has 0 spiro atoms. The van der Waals surface area contributed by atoms with Crippen molar-refractivity contribution in [1.29, 1.82) is 0 Å². The summed E-state index contributed by atoms with van der Waals surface area (Å²) in [5.41, 5.74) is 1.14. The van der Waals surface area contributed by atoms with Gasteiger partial charge in [-0.1, -0.05) is 18.2 Å². The molecule has 0 radical (unpaired) electrons. The summed E-state index contributed by atoms with van der Waals surface area (Å²) in [5.74, 6) is -0.0470. The number of methoxy groups -OCH3 is 1. The molecule has 1 aromatic carbocycles. The van der Waals surface area contributed by atoms with Crippen LogP contribution in [0, 0.1) is 0 Å². The Bertz CT molecular complexity index is 454. The summed E-state index contributed by atoms with van der Waals surface area (Å²) < 4.78 is 4.99. The van der Waals surface area contributed by atoms with Gasteiger partial charge in [0.15, 0.2) is 11.5 Å². The monoisotopic (exact) mass is 249 g/mol. The number of hydrogen-bond donors (Lipinski definition) is 1. The van der Waals surface area contributed by atoms with E-state index in [1.165, 1.54) is 7.11 Å². The van der Waals surface area contributed by atoms with E-state index < -0.39 is 0 Å². The molecule has 4 nitrogen and oxygen atoms in total. The van der Waals surface area contributed by atoms with Crippen molar-refractivity contribution in [2.24, 2.45) is 0 Å². The number of phenolic OH excluding ortho intramolecular Hbond substituents is 1. The maximum atomic E-state index is 12.3. The zero-order valence-electron chi connectivity index (χ0n) is 11.1. The van der Waals surface area contributed by atoms with E-state index in [4.69, 9.17) is 4.74 Å². The Morgan fingerprint density at radius 1 is 1.50 bits per heavy atom. The molecule has 0 bridgehead atoms. The molecule has 0 heterocycles. The van der Waals surface area contributed by atoms with Gasteiger partial charge >= 0.3 is 0 Å². The van der Waals surface area contributed by atoms with E-state index in [-0.39, 0.29) is 17.2 Å². The molecule has 0 aliphatic heterocycles. The lowest BCUT2D eigenvalue weighted by Gasteiger charge is -2.21. The van der Waals surface area contributed by atoms with E-state index in [0.717, 1.165) is 5.57 Å². The number of ether oxygens (including phenoxy) is 1. The van der Waals surface area contributed by atoms with Gasteiger partial charge in [-0.05, 0) is 26.0 Å². The molecule has 98 valence electrons. The molecule has 0 saturated heterocycles. The Morgan fingerprint density at radius 2 is 2.17 bits per heavy atom. The topological polar surface area (TPSA) is 49.8 Å². The van der Waals surface area contributed by atoms with Crippen LogP contribution >= 0.6 is 0 Å². The van der Waals surface area contributed by atoms with Crippen LogP contribution in [0.2, 0.25) is 0 Å². The normalized spacial score (nSPS) is 9.94. The van der Waals surface area contributed by atoms with Gasteiger partial charge < -0.3 is 14.7 Å². The predicted molar refractivity (Wildman–Crippen MR) is 71.1 cm³/mol. The summed E-state index contributed by atoms with van der Waals surface area (Å²) >= 11 is 0. The lowest BCUT2D eigenvalue weighted by molar-refractivity contribution is 0.0774. The lowest BCUT2D eigenvalue weighted by atomic mass is 10.1. The Kier molecular flexibility index (Phi) is 4.77. The number of nitrogens with zero attached hydrogens (tertiary/aromatic N) is 1. The zero-order valence-corrected chi connectivity index (χ0v) is 11.1. The van der Waals surface area contributed by atoms with Crippen molar-refractivity contribution < 1.29 is 14.6 Å². The maximum absolute atomic E-state index is 12.3. The van der Waals surface area contributed by atoms with Gasteiger partial charge in [-0.3, -0.25) is 4.79 Å². The van der Waals surface area contributed by atoms with Crippen molar-refractivity contribution in [3.63, 3.8) is 0 Å². The van der Waals surface area contributed by atoms with Gasteiger partial charge in [0.05, 0.1) is 12.7 Å². The second kappa shape index (κ2) is 6.10. The van der Waals surface area contributed by atoms with Gasteiger partial charge in [-0.2, -0.15) is 0 Å². The smallest absolute Gasteiger partial charge is 0.258 e. The Labute approximate surface area is 107 Å². The molecule has 0 atom stereocenters. The third-order valence-electron chi connectivity index (χ3n) is 2.58. The minimum Gasteiger partial charge on any atom is -0.504 e. The average Bonchev–Trinajstić information content (AvgIpc) is 2.35. The first-order chi connectivity index (χ1) is 8.51. The molecule has 0 aliphatic carbocycles. The highest BCUT2D eigenvalue weighted by Crippen LogP contribution is 2.30. The standard InChI is InChI=1S/C14H19NO3/c1-5-15(9-10(2)3)14(17)11-7-6-8-12(18-4)13(11)16/h6-8,16H,2,5,9H2,1,3-4H3. The van der Waals surface area contributed by atoms with Crippen LogP contribution in [0.1, 0.15) is 24.2 Å². The first-order valence-electron chi connectivity index (χ1n) is 5.80. The van der Waals surface area contributed by atoms with E-state index in [1.54, 1.807) is 23.1 Å². The number of carbonyl (C=O) groups excluding carboxylic acids is 1. The molecule has 1 N–H and O–H groups in total. The van der Waals surface area contributed by atoms with Crippen LogP contribution in [0.3, 0.4) is 0 Å². The number of amides is 1. The van der Waals surface area contributed by atoms with Gasteiger partial charge in [0, 0.05) is 13.1 Å². The van der Waals surface area contributed by atoms with Crippen LogP contribution in [0.25, 0.3) is 0 Å². The molecule has 1 rings (SSSR count). The third kappa shape index (κ3) is 3.03. The van der Waals surface area contributed by atoms with Crippen LogP contribution in [0.5, 0.6) is 11.5 Å². The van der Waals surface area contributed by atoms with E-state index in [2.05, 4.69) is 6.58 Å². The molecular weight excluding hydrogens is 230 g/mol. The Hall–Kier alpha value is -1.97. The number of aromatic hydroxyl groups is 1. The number of para-hydroxylation sites is 1. The van der Waals surface area contributed by atoms with Crippen LogP contribution in [0.15, 0.2) is 30.4 Å². The second-order valence-electron chi connectivity index (χ2n) is 4.13. The average molecular weight is 249 g/mol. The summed E-state index contributed by atoms with van der Waals surface area (Å²) in [5, 5.41) is 9.94. The SMILES string of the molecule is C=C(C)CN(CC)C(=O)c1cccc(OC)c1O. The Balaban J connectivity index is 3.05. The van der Waals surface area contributed by atoms with Crippen molar-refractivity contribution >= 4 is 5.91 Å². The number of benzene rings is 1. The third-order valence-corrected chi connectivity index (χ3v) is 2.58. The van der Waals surface area contributed by atoms with Crippen molar-refractivity contribution in [2.45, 2.75) is 13.8 Å². The summed E-state index contributed by atoms with van der Waals surface area (Å²) in [6.45, 7) is 8.58. The van der Waals surface area contributed by atoms with Crippen LogP contribution in [0.4, 0.5) is 0 Å². The maximum Gasteiger partial charge on any atom is 0.258 e. The quantitative estimate of drug-likeness (QED) is 0.815. The van der Waals surface area contributed by atoms with Gasteiger partial charge in [-0.15, -0.1) is 0 Å². The fourth-order valence-electron chi connectivity index (χ4n) is 1.68. The summed E-state index contributed by atoms with van der Waals surface area (Å²) in [6.07, 6.45) is 0. The fraction of sp³-hybridized carbons (Fsp3) is 0.357. The van der Waals surface area contributed by atoms with Crippen LogP contribution in [-0.2, 0) is 0 Å². The fourth-order valence-corrected chi connectivity index (χ4v) is 1.68. The molecule has 0 saturated carbocycles. The van der Waals surface area contributed by atoms with Gasteiger partial charge in [0.2, 0.25) is 0 Å². The first kappa shape index (κ1) is 14.1. The number of hydrogen-bond acceptors (Lipinski definition) is 3. The van der Waals surface area contributed by atoms with E-state index in [9.17, 15) is 9.90 Å². The second-order valence-corrected chi connectivity index (χ2v) is 4.13. The largest absolute Gasteiger partial charge is 0.504 e. The summed E-state index contributed by atoms with van der Waals surface area (Å²) in [4.78, 5) is 13.9. The molecule has 4 heteroatoms. The van der Waals surface area contributed by atoms with Crippen molar-refractivity contribution in [3.05, 3.63) is 35.9 Å². The summed E-state index contributed by atoms with van der Waals surface area (Å²) in [7, 11) is 1.45. The highest BCUT2D eigenvalue weighted by Gasteiger charge is 2.19. The highest BCUT2D eigenvalue weighted by atomic mass is 16.5. The van der Waals surface area contributed by atoms with Crippen molar-refractivity contribution in [2.75, 3.05) is 20.2 Å². The van der Waals surface area contributed by atoms with Crippen molar-refractivity contribution in [1.82, 2.24) is 4.90 Å².